The third kappa shape index (κ3) is 5.33. The lowest BCUT2D eigenvalue weighted by atomic mass is 10.1. The first kappa shape index (κ1) is 24.3. The van der Waals surface area contributed by atoms with E-state index in [-0.39, 0.29) is 17.6 Å². The summed E-state index contributed by atoms with van der Waals surface area (Å²) in [4.78, 5) is 28.4. The summed E-state index contributed by atoms with van der Waals surface area (Å²) < 4.78 is 24.6. The molecule has 0 bridgehead atoms. The van der Waals surface area contributed by atoms with E-state index in [1.807, 2.05) is 18.2 Å². The summed E-state index contributed by atoms with van der Waals surface area (Å²) in [6.45, 7) is 0.435. The molecule has 0 saturated heterocycles. The van der Waals surface area contributed by atoms with Crippen molar-refractivity contribution in [3.63, 3.8) is 0 Å². The number of thioether (sulfide) groups is 1. The molecule has 1 heterocycles. The molecule has 0 atom stereocenters. The van der Waals surface area contributed by atoms with Gasteiger partial charge in [0, 0.05) is 29.6 Å². The van der Waals surface area contributed by atoms with E-state index in [1.54, 1.807) is 63.7 Å². The molecule has 0 spiro atoms. The molecular weight excluding hydrogens is 467 g/mol. The maximum atomic E-state index is 14.1. The summed E-state index contributed by atoms with van der Waals surface area (Å²) in [5, 5.41) is 2.92. The lowest BCUT2D eigenvalue weighted by Gasteiger charge is -2.27. The molecule has 8 heteroatoms. The molecule has 35 heavy (non-hydrogen) atoms. The Morgan fingerprint density at radius 2 is 1.83 bits per heavy atom. The molecule has 6 nitrogen and oxygen atoms in total. The smallest absolute Gasteiger partial charge is 0.264 e. The van der Waals surface area contributed by atoms with E-state index in [0.29, 0.717) is 46.2 Å². The number of halogens is 1. The normalized spacial score (nSPS) is 14.0. The van der Waals surface area contributed by atoms with Crippen LogP contribution >= 0.6 is 11.8 Å². The van der Waals surface area contributed by atoms with Crippen LogP contribution in [0, 0.1) is 5.82 Å². The van der Waals surface area contributed by atoms with Crippen LogP contribution in [0.3, 0.4) is 0 Å². The van der Waals surface area contributed by atoms with E-state index < -0.39 is 0 Å². The second-order valence-corrected chi connectivity index (χ2v) is 8.96. The Morgan fingerprint density at radius 3 is 2.57 bits per heavy atom. The minimum absolute atomic E-state index is 0.230. The van der Waals surface area contributed by atoms with Crippen LogP contribution in [0.1, 0.15) is 21.5 Å². The minimum Gasteiger partial charge on any atom is -0.493 e. The van der Waals surface area contributed by atoms with Gasteiger partial charge < -0.3 is 19.7 Å². The molecule has 0 aromatic heterocycles. The molecule has 0 unspecified atom stereocenters. The van der Waals surface area contributed by atoms with Crippen molar-refractivity contribution in [2.24, 2.45) is 0 Å². The highest BCUT2D eigenvalue weighted by Gasteiger charge is 2.27. The number of carbonyl (C=O) groups excluding carboxylic acids is 2. The Kier molecular flexibility index (Phi) is 7.41. The highest BCUT2D eigenvalue weighted by atomic mass is 32.2. The molecule has 2 amide bonds. The molecule has 3 aromatic rings. The van der Waals surface area contributed by atoms with Crippen molar-refractivity contribution >= 4 is 35.3 Å². The molecule has 1 N–H and O–H groups in total. The number of methoxy groups -OCH3 is 2. The highest BCUT2D eigenvalue weighted by molar-refractivity contribution is 8.04. The van der Waals surface area contributed by atoms with Crippen LogP contribution in [0.2, 0.25) is 0 Å². The van der Waals surface area contributed by atoms with Crippen molar-refractivity contribution in [2.75, 3.05) is 32.7 Å². The highest BCUT2D eigenvalue weighted by Crippen LogP contribution is 2.42. The predicted molar refractivity (Wildman–Crippen MR) is 136 cm³/mol. The zero-order chi connectivity index (χ0) is 24.9. The lowest BCUT2D eigenvalue weighted by Crippen LogP contribution is -2.31. The third-order valence-electron chi connectivity index (χ3n) is 5.66. The number of nitrogens with one attached hydrogen (secondary N) is 1. The quantitative estimate of drug-likeness (QED) is 0.474. The molecule has 0 radical (unpaired) electrons. The SMILES string of the molecule is COc1ccc(CCNC(=O)c2ccc3c(c2)N(C)C(=O)/C(=C/c2ccccc2F)S3)cc1OC. The first-order chi connectivity index (χ1) is 16.9. The van der Waals surface area contributed by atoms with E-state index in [2.05, 4.69) is 5.32 Å². The van der Waals surface area contributed by atoms with Gasteiger partial charge in [0.25, 0.3) is 11.8 Å². The maximum Gasteiger partial charge on any atom is 0.264 e. The van der Waals surface area contributed by atoms with Crippen molar-refractivity contribution in [3.05, 3.63) is 88.1 Å². The minimum atomic E-state index is -0.387. The number of fused-ring (bicyclic) bond motifs is 1. The average Bonchev–Trinajstić information content (AvgIpc) is 2.88. The summed E-state index contributed by atoms with van der Waals surface area (Å²) in [6, 6.07) is 17.2. The molecule has 0 aliphatic carbocycles. The number of nitrogens with zero attached hydrogens (tertiary/aromatic N) is 1. The van der Waals surface area contributed by atoms with Gasteiger partial charge in [-0.1, -0.05) is 36.0 Å². The van der Waals surface area contributed by atoms with Crippen LogP contribution in [-0.4, -0.2) is 39.6 Å². The van der Waals surface area contributed by atoms with Crippen LogP contribution in [-0.2, 0) is 11.2 Å². The Labute approximate surface area is 207 Å². The van der Waals surface area contributed by atoms with Crippen LogP contribution < -0.4 is 19.7 Å². The summed E-state index contributed by atoms with van der Waals surface area (Å²) in [5.41, 5.74) is 2.45. The summed E-state index contributed by atoms with van der Waals surface area (Å²) >= 11 is 1.26. The van der Waals surface area contributed by atoms with Crippen LogP contribution in [0.15, 0.2) is 70.5 Å². The number of amides is 2. The number of anilines is 1. The van der Waals surface area contributed by atoms with E-state index >= 15 is 0 Å². The second-order valence-electron chi connectivity index (χ2n) is 7.87. The van der Waals surface area contributed by atoms with Gasteiger partial charge in [0.2, 0.25) is 0 Å². The average molecular weight is 493 g/mol. The number of rotatable bonds is 7. The largest absolute Gasteiger partial charge is 0.493 e. The first-order valence-corrected chi connectivity index (χ1v) is 11.8. The Balaban J connectivity index is 1.45. The lowest BCUT2D eigenvalue weighted by molar-refractivity contribution is -0.114. The van der Waals surface area contributed by atoms with Gasteiger partial charge in [-0.3, -0.25) is 9.59 Å². The van der Waals surface area contributed by atoms with Gasteiger partial charge >= 0.3 is 0 Å². The zero-order valence-electron chi connectivity index (χ0n) is 19.6. The van der Waals surface area contributed by atoms with Gasteiger partial charge in [0.15, 0.2) is 11.5 Å². The fourth-order valence-electron chi connectivity index (χ4n) is 3.73. The van der Waals surface area contributed by atoms with Crippen molar-refractivity contribution in [1.29, 1.82) is 0 Å². The first-order valence-electron chi connectivity index (χ1n) is 11.0. The van der Waals surface area contributed by atoms with Gasteiger partial charge in [-0.25, -0.2) is 4.39 Å². The molecule has 0 saturated carbocycles. The Morgan fingerprint density at radius 1 is 1.06 bits per heavy atom. The number of likely N-dealkylation sites (N-methyl/N-ethyl adjacent to an activating group) is 1. The molecule has 180 valence electrons. The fraction of sp³-hybridized carbons (Fsp3) is 0.185. The molecule has 1 aliphatic rings. The van der Waals surface area contributed by atoms with E-state index in [9.17, 15) is 14.0 Å². The fourth-order valence-corrected chi connectivity index (χ4v) is 4.81. The molecule has 1 aliphatic heterocycles. The second kappa shape index (κ2) is 10.7. The Hall–Kier alpha value is -3.78. The van der Waals surface area contributed by atoms with E-state index in [4.69, 9.17) is 9.47 Å². The zero-order valence-corrected chi connectivity index (χ0v) is 20.4. The maximum absolute atomic E-state index is 14.1. The van der Waals surface area contributed by atoms with Gasteiger partial charge in [0.1, 0.15) is 5.82 Å². The number of hydrogen-bond acceptors (Lipinski definition) is 5. The summed E-state index contributed by atoms with van der Waals surface area (Å²) in [7, 11) is 4.81. The molecule has 3 aromatic carbocycles. The number of hydrogen-bond donors (Lipinski definition) is 1. The van der Waals surface area contributed by atoms with Crippen molar-refractivity contribution in [2.45, 2.75) is 11.3 Å². The molecule has 0 fully saturated rings. The number of benzene rings is 3. The third-order valence-corrected chi connectivity index (χ3v) is 6.73. The summed E-state index contributed by atoms with van der Waals surface area (Å²) in [5.74, 6) is 0.419. The number of carbonyl (C=O) groups is 2. The van der Waals surface area contributed by atoms with Gasteiger partial charge in [-0.2, -0.15) is 0 Å². The van der Waals surface area contributed by atoms with Crippen molar-refractivity contribution < 1.29 is 23.5 Å². The predicted octanol–water partition coefficient (Wildman–Crippen LogP) is 4.93. The monoisotopic (exact) mass is 492 g/mol. The topological polar surface area (TPSA) is 67.9 Å². The van der Waals surface area contributed by atoms with Crippen LogP contribution in [0.25, 0.3) is 6.08 Å². The van der Waals surface area contributed by atoms with Crippen molar-refractivity contribution in [3.8, 4) is 11.5 Å². The van der Waals surface area contributed by atoms with E-state index in [0.717, 1.165) is 10.5 Å². The van der Waals surface area contributed by atoms with Crippen LogP contribution in [0.5, 0.6) is 11.5 Å². The standard InChI is InChI=1S/C27H25FN2O4S/c1-30-21-15-19(26(31)29-13-12-17-8-10-22(33-2)23(14-17)34-3)9-11-24(21)35-25(27(30)32)16-18-6-4-5-7-20(18)28/h4-11,14-16H,12-13H2,1-3H3,(H,29,31)/b25-16-. The van der Waals surface area contributed by atoms with Gasteiger partial charge in [-0.15, -0.1) is 0 Å². The molecular formula is C27H25FN2O4S. The number of ether oxygens (including phenoxy) is 2. The van der Waals surface area contributed by atoms with Gasteiger partial charge in [0.05, 0.1) is 24.8 Å². The van der Waals surface area contributed by atoms with Crippen molar-refractivity contribution in [1.82, 2.24) is 5.32 Å². The molecule has 4 rings (SSSR count). The van der Waals surface area contributed by atoms with Crippen LogP contribution in [0.4, 0.5) is 10.1 Å². The summed E-state index contributed by atoms with van der Waals surface area (Å²) in [6.07, 6.45) is 2.17. The van der Waals surface area contributed by atoms with Gasteiger partial charge in [-0.05, 0) is 54.5 Å². The Bertz CT molecular complexity index is 1310. The van der Waals surface area contributed by atoms with E-state index in [1.165, 1.54) is 22.7 Å².